The van der Waals surface area contributed by atoms with Gasteiger partial charge in [0.1, 0.15) is 0 Å². The molecule has 2 aromatic rings. The lowest BCUT2D eigenvalue weighted by Gasteiger charge is -2.18. The van der Waals surface area contributed by atoms with Gasteiger partial charge in [-0.3, -0.25) is 4.98 Å². The third-order valence-corrected chi connectivity index (χ3v) is 6.19. The molecule has 27 heavy (non-hydrogen) atoms. The molecule has 0 spiro atoms. The molecule has 3 rings (SSSR count). The van der Waals surface area contributed by atoms with E-state index >= 15 is 0 Å². The molecule has 0 saturated carbocycles. The third-order valence-electron chi connectivity index (χ3n) is 6.19. The average molecular weight is 367 g/mol. The molecule has 2 N–H and O–H groups in total. The van der Waals surface area contributed by atoms with Crippen molar-refractivity contribution in [3.63, 3.8) is 0 Å². The zero-order valence-corrected chi connectivity index (χ0v) is 17.4. The van der Waals surface area contributed by atoms with Gasteiger partial charge in [0.25, 0.3) is 0 Å². The zero-order valence-electron chi connectivity index (χ0n) is 17.4. The van der Waals surface area contributed by atoms with Gasteiger partial charge in [0, 0.05) is 16.8 Å². The number of anilines is 1. The molecule has 2 nitrogen and oxygen atoms in total. The van der Waals surface area contributed by atoms with Gasteiger partial charge in [-0.25, -0.2) is 0 Å². The number of nitrogens with zero attached hydrogens (tertiary/aromatic N) is 1. The molecule has 0 aliphatic heterocycles. The molecule has 0 amide bonds. The molecule has 148 valence electrons. The quantitative estimate of drug-likeness (QED) is 0.428. The first-order valence-electron chi connectivity index (χ1n) is 11.5. The van der Waals surface area contributed by atoms with Crippen LogP contribution in [0.4, 0.5) is 5.69 Å². The second-order valence-corrected chi connectivity index (χ2v) is 8.44. The predicted molar refractivity (Wildman–Crippen MR) is 118 cm³/mol. The van der Waals surface area contributed by atoms with Gasteiger partial charge in [-0.1, -0.05) is 70.8 Å². The van der Waals surface area contributed by atoms with E-state index in [2.05, 4.69) is 25.1 Å². The van der Waals surface area contributed by atoms with E-state index < -0.39 is 0 Å². The summed E-state index contributed by atoms with van der Waals surface area (Å²) in [6.45, 7) is 2.29. The van der Waals surface area contributed by atoms with Crippen molar-refractivity contribution >= 4 is 16.6 Å². The lowest BCUT2D eigenvalue weighted by Crippen LogP contribution is -2.09. The molecule has 0 saturated heterocycles. The van der Waals surface area contributed by atoms with E-state index in [9.17, 15) is 0 Å². The maximum Gasteiger partial charge on any atom is 0.0726 e. The predicted octanol–water partition coefficient (Wildman–Crippen LogP) is 7.16. The molecule has 0 unspecified atom stereocenters. The summed E-state index contributed by atoms with van der Waals surface area (Å²) in [7, 11) is 0. The van der Waals surface area contributed by atoms with Crippen LogP contribution in [0, 0.1) is 0 Å². The number of aryl methyl sites for hydroxylation is 2. The molecule has 1 aromatic carbocycles. The van der Waals surface area contributed by atoms with Gasteiger partial charge in [-0.05, 0) is 61.8 Å². The summed E-state index contributed by atoms with van der Waals surface area (Å²) in [5.41, 5.74) is 12.6. The molecule has 0 radical (unpaired) electrons. The highest BCUT2D eigenvalue weighted by Crippen LogP contribution is 2.31. The molecule has 1 aliphatic carbocycles. The number of nitrogen functional groups attached to an aromatic ring is 1. The molecule has 1 aromatic heterocycles. The highest BCUT2D eigenvalue weighted by Gasteiger charge is 2.16. The van der Waals surface area contributed by atoms with Crippen molar-refractivity contribution in [1.82, 2.24) is 4.98 Å². The number of pyridine rings is 1. The van der Waals surface area contributed by atoms with E-state index in [0.717, 1.165) is 24.0 Å². The van der Waals surface area contributed by atoms with Crippen molar-refractivity contribution in [3.8, 4) is 0 Å². The number of aromatic nitrogens is 1. The fourth-order valence-corrected chi connectivity index (χ4v) is 4.48. The van der Waals surface area contributed by atoms with Gasteiger partial charge < -0.3 is 5.73 Å². The Hall–Kier alpha value is -1.57. The Labute approximate surface area is 166 Å². The van der Waals surface area contributed by atoms with Gasteiger partial charge in [0.15, 0.2) is 0 Å². The summed E-state index contributed by atoms with van der Waals surface area (Å²) in [5.74, 6) is 0. The minimum atomic E-state index is 1.000. The smallest absolute Gasteiger partial charge is 0.0726 e. The normalized spacial score (nSPS) is 13.8. The summed E-state index contributed by atoms with van der Waals surface area (Å²) < 4.78 is 0. The molecule has 0 bridgehead atoms. The second-order valence-electron chi connectivity index (χ2n) is 8.44. The summed E-state index contributed by atoms with van der Waals surface area (Å²) in [6.07, 6.45) is 19.8. The number of unbranched alkanes of at least 4 members (excludes halogenated alkanes) is 9. The molecule has 1 aliphatic rings. The Morgan fingerprint density at radius 2 is 1.52 bits per heavy atom. The molecule has 0 fully saturated rings. The van der Waals surface area contributed by atoms with Gasteiger partial charge >= 0.3 is 0 Å². The summed E-state index contributed by atoms with van der Waals surface area (Å²) in [5, 5.41) is 1.18. The lowest BCUT2D eigenvalue weighted by atomic mass is 9.92. The van der Waals surface area contributed by atoms with E-state index in [1.54, 1.807) is 0 Å². The average Bonchev–Trinajstić information content (AvgIpc) is 2.70. The van der Waals surface area contributed by atoms with Crippen LogP contribution in [0.25, 0.3) is 10.9 Å². The monoisotopic (exact) mass is 366 g/mol. The van der Waals surface area contributed by atoms with Crippen LogP contribution in [0.2, 0.25) is 0 Å². The maximum absolute atomic E-state index is 6.52. The lowest BCUT2D eigenvalue weighted by molar-refractivity contribution is 0.556. The number of hydrogen-bond donors (Lipinski definition) is 1. The van der Waals surface area contributed by atoms with Crippen molar-refractivity contribution in [2.24, 2.45) is 0 Å². The van der Waals surface area contributed by atoms with Crippen LogP contribution in [0.15, 0.2) is 18.2 Å². The minimum absolute atomic E-state index is 1.000. The van der Waals surface area contributed by atoms with Crippen molar-refractivity contribution in [1.29, 1.82) is 0 Å². The molecular weight excluding hydrogens is 328 g/mol. The molecule has 1 heterocycles. The fraction of sp³-hybridized carbons (Fsp3) is 0.640. The first kappa shape index (κ1) is 20.2. The summed E-state index contributed by atoms with van der Waals surface area (Å²) in [4.78, 5) is 4.89. The largest absolute Gasteiger partial charge is 0.398 e. The van der Waals surface area contributed by atoms with Crippen LogP contribution in [0.3, 0.4) is 0 Å². The molecule has 0 atom stereocenters. The van der Waals surface area contributed by atoms with Gasteiger partial charge in [0.05, 0.1) is 5.52 Å². The van der Waals surface area contributed by atoms with Crippen LogP contribution in [0.5, 0.6) is 0 Å². The molecular formula is C25H38N2. The Morgan fingerprint density at radius 1 is 0.852 bits per heavy atom. The minimum Gasteiger partial charge on any atom is -0.398 e. The van der Waals surface area contributed by atoms with Crippen molar-refractivity contribution in [2.75, 3.05) is 5.73 Å². The Bertz CT molecular complexity index is 720. The van der Waals surface area contributed by atoms with Crippen LogP contribution < -0.4 is 5.73 Å². The van der Waals surface area contributed by atoms with Gasteiger partial charge in [-0.15, -0.1) is 0 Å². The number of rotatable bonds is 11. The highest BCUT2D eigenvalue weighted by molar-refractivity contribution is 5.92. The van der Waals surface area contributed by atoms with E-state index in [0.29, 0.717) is 0 Å². The van der Waals surface area contributed by atoms with Gasteiger partial charge in [0.2, 0.25) is 0 Å². The van der Waals surface area contributed by atoms with Gasteiger partial charge in [-0.2, -0.15) is 0 Å². The van der Waals surface area contributed by atoms with E-state index in [1.807, 2.05) is 0 Å². The first-order chi connectivity index (χ1) is 13.3. The summed E-state index contributed by atoms with van der Waals surface area (Å²) in [6, 6.07) is 6.75. The fourth-order valence-electron chi connectivity index (χ4n) is 4.48. The van der Waals surface area contributed by atoms with E-state index in [1.165, 1.54) is 106 Å². The molecule has 2 heteroatoms. The topological polar surface area (TPSA) is 38.9 Å². The Balaban J connectivity index is 1.44. The van der Waals surface area contributed by atoms with E-state index in [4.69, 9.17) is 10.7 Å². The van der Waals surface area contributed by atoms with Crippen molar-refractivity contribution < 1.29 is 0 Å². The van der Waals surface area contributed by atoms with Crippen molar-refractivity contribution in [3.05, 3.63) is 35.0 Å². The maximum atomic E-state index is 6.52. The number of nitrogens with two attached hydrogens (primary N) is 1. The van der Waals surface area contributed by atoms with Crippen molar-refractivity contribution in [2.45, 2.75) is 103 Å². The van der Waals surface area contributed by atoms with E-state index in [-0.39, 0.29) is 0 Å². The van der Waals surface area contributed by atoms with Crippen LogP contribution in [-0.2, 0) is 19.3 Å². The standard InChI is InChI=1S/C25H38N2/c1-2-3-4-5-6-7-8-9-10-11-14-20-17-18-24-22(19-20)25(26)21-15-12-13-16-23(21)27-24/h17-19H,2-16H2,1H3,(H2,26,27). The zero-order chi connectivity index (χ0) is 18.9. The van der Waals surface area contributed by atoms with Crippen LogP contribution >= 0.6 is 0 Å². The third kappa shape index (κ3) is 5.70. The Morgan fingerprint density at radius 3 is 2.26 bits per heavy atom. The first-order valence-corrected chi connectivity index (χ1v) is 11.5. The van der Waals surface area contributed by atoms with Crippen LogP contribution in [0.1, 0.15) is 101 Å². The number of fused-ring (bicyclic) bond motifs is 2. The second kappa shape index (κ2) is 10.7. The van der Waals surface area contributed by atoms with Crippen LogP contribution in [-0.4, -0.2) is 4.98 Å². The number of benzene rings is 1. The summed E-state index contributed by atoms with van der Waals surface area (Å²) >= 11 is 0. The Kier molecular flexibility index (Phi) is 7.98. The SMILES string of the molecule is CCCCCCCCCCCCc1ccc2nc3c(c(N)c2c1)CCCC3. The number of hydrogen-bond acceptors (Lipinski definition) is 2. The highest BCUT2D eigenvalue weighted by atomic mass is 14.7.